The number of carbonyl (C=O) groups is 1. The lowest BCUT2D eigenvalue weighted by atomic mass is 10.1. The van der Waals surface area contributed by atoms with Gasteiger partial charge in [0.1, 0.15) is 19.0 Å². The van der Waals surface area contributed by atoms with E-state index in [-0.39, 0.29) is 19.8 Å². The van der Waals surface area contributed by atoms with Gasteiger partial charge in [0.05, 0.1) is 11.6 Å². The quantitative estimate of drug-likeness (QED) is 0.468. The Hall–Kier alpha value is -3.73. The molecule has 1 aromatic heterocycles. The normalized spacial score (nSPS) is 10.2. The second-order valence-electron chi connectivity index (χ2n) is 5.71. The van der Waals surface area contributed by atoms with Gasteiger partial charge in [0, 0.05) is 5.56 Å². The number of tetrazole rings is 1. The fraction of sp³-hybridized carbons (Fsp3) is 0.211. The molecule has 8 heteroatoms. The Kier molecular flexibility index (Phi) is 5.74. The molecule has 0 unspecified atom stereocenters. The van der Waals surface area contributed by atoms with Gasteiger partial charge in [-0.05, 0) is 36.4 Å². The summed E-state index contributed by atoms with van der Waals surface area (Å²) < 4.78 is 10.5. The Morgan fingerprint density at radius 1 is 1.11 bits per heavy atom. The third-order valence-electron chi connectivity index (χ3n) is 3.63. The Morgan fingerprint density at radius 3 is 2.56 bits per heavy atom. The molecule has 0 bridgehead atoms. The molecule has 0 atom stereocenters. The first-order valence-corrected chi connectivity index (χ1v) is 8.27. The zero-order valence-corrected chi connectivity index (χ0v) is 14.7. The van der Waals surface area contributed by atoms with Crippen LogP contribution >= 0.6 is 0 Å². The molecular weight excluding hydrogens is 346 g/mol. The van der Waals surface area contributed by atoms with Gasteiger partial charge in [0.2, 0.25) is 5.82 Å². The van der Waals surface area contributed by atoms with Crippen LogP contribution in [0.25, 0.3) is 11.4 Å². The van der Waals surface area contributed by atoms with Gasteiger partial charge in [-0.3, -0.25) is 0 Å². The number of carbonyl (C=O) groups excluding carboxylic acids is 1. The van der Waals surface area contributed by atoms with Gasteiger partial charge in [-0.25, -0.2) is 4.79 Å². The van der Waals surface area contributed by atoms with Crippen LogP contribution in [0.4, 0.5) is 0 Å². The van der Waals surface area contributed by atoms with E-state index in [0.29, 0.717) is 17.1 Å². The van der Waals surface area contributed by atoms with Crippen molar-refractivity contribution in [3.05, 3.63) is 59.7 Å². The van der Waals surface area contributed by atoms with Gasteiger partial charge in [-0.1, -0.05) is 29.8 Å². The number of nitrogens with zero attached hydrogens (tertiary/aromatic N) is 5. The maximum atomic E-state index is 11.9. The molecule has 0 fully saturated rings. The highest BCUT2D eigenvalue weighted by Crippen LogP contribution is 2.14. The second-order valence-corrected chi connectivity index (χ2v) is 5.71. The molecule has 2 aromatic carbocycles. The van der Waals surface area contributed by atoms with Gasteiger partial charge in [0.25, 0.3) is 0 Å². The highest BCUT2D eigenvalue weighted by molar-refractivity contribution is 5.68. The summed E-state index contributed by atoms with van der Waals surface area (Å²) in [5, 5.41) is 20.7. The lowest BCUT2D eigenvalue weighted by Gasteiger charge is -2.07. The van der Waals surface area contributed by atoms with Crippen LogP contribution in [0.2, 0.25) is 0 Å². The van der Waals surface area contributed by atoms with E-state index in [1.165, 1.54) is 4.80 Å². The fourth-order valence-electron chi connectivity index (χ4n) is 2.23. The first-order chi connectivity index (χ1) is 13.1. The number of nitriles is 1. The Bertz CT molecular complexity index is 943. The smallest absolute Gasteiger partial charge is 0.329 e. The van der Waals surface area contributed by atoms with E-state index < -0.39 is 5.97 Å². The van der Waals surface area contributed by atoms with Gasteiger partial charge < -0.3 is 9.47 Å². The van der Waals surface area contributed by atoms with Crippen LogP contribution in [-0.2, 0) is 16.1 Å². The van der Waals surface area contributed by atoms with E-state index in [9.17, 15) is 4.79 Å². The Labute approximate surface area is 155 Å². The van der Waals surface area contributed by atoms with Crippen LogP contribution < -0.4 is 4.74 Å². The van der Waals surface area contributed by atoms with E-state index in [4.69, 9.17) is 14.7 Å². The largest absolute Gasteiger partial charge is 0.490 e. The first-order valence-electron chi connectivity index (χ1n) is 8.27. The monoisotopic (exact) mass is 363 g/mol. The van der Waals surface area contributed by atoms with Crippen molar-refractivity contribution in [1.29, 1.82) is 5.26 Å². The topological polar surface area (TPSA) is 103 Å². The SMILES string of the molecule is Cc1ccc(-c2nnn(CC(=O)OCCOc3ccc(C#N)cc3)n2)cc1. The minimum Gasteiger partial charge on any atom is -0.490 e. The summed E-state index contributed by atoms with van der Waals surface area (Å²) in [5.41, 5.74) is 2.52. The van der Waals surface area contributed by atoms with Gasteiger partial charge in [0.15, 0.2) is 6.54 Å². The van der Waals surface area contributed by atoms with Crippen molar-refractivity contribution < 1.29 is 14.3 Å². The standard InChI is InChI=1S/C19H17N5O3/c1-14-2-6-16(7-3-14)19-21-23-24(22-19)13-18(25)27-11-10-26-17-8-4-15(12-20)5-9-17/h2-9H,10-11,13H2,1H3. The molecule has 0 spiro atoms. The van der Waals surface area contributed by atoms with Crippen LogP contribution in [0, 0.1) is 18.3 Å². The predicted molar refractivity (Wildman–Crippen MR) is 95.6 cm³/mol. The van der Waals surface area contributed by atoms with Crippen molar-refractivity contribution in [1.82, 2.24) is 20.2 Å². The average molecular weight is 363 g/mol. The average Bonchev–Trinajstić information content (AvgIpc) is 3.14. The number of aromatic nitrogens is 4. The van der Waals surface area contributed by atoms with Crippen molar-refractivity contribution in [3.8, 4) is 23.2 Å². The van der Waals surface area contributed by atoms with Crippen molar-refractivity contribution in [2.24, 2.45) is 0 Å². The Morgan fingerprint density at radius 2 is 1.85 bits per heavy atom. The molecule has 0 amide bonds. The lowest BCUT2D eigenvalue weighted by molar-refractivity contribution is -0.145. The van der Waals surface area contributed by atoms with Gasteiger partial charge in [-0.2, -0.15) is 10.1 Å². The third-order valence-corrected chi connectivity index (χ3v) is 3.63. The molecule has 8 nitrogen and oxygen atoms in total. The van der Waals surface area contributed by atoms with Crippen molar-refractivity contribution >= 4 is 5.97 Å². The Balaban J connectivity index is 1.43. The summed E-state index contributed by atoms with van der Waals surface area (Å²) in [7, 11) is 0. The van der Waals surface area contributed by atoms with E-state index in [0.717, 1.165) is 11.1 Å². The van der Waals surface area contributed by atoms with Crippen molar-refractivity contribution in [2.75, 3.05) is 13.2 Å². The van der Waals surface area contributed by atoms with E-state index in [1.54, 1.807) is 24.3 Å². The molecule has 0 aliphatic rings. The molecule has 1 heterocycles. The van der Waals surface area contributed by atoms with Crippen LogP contribution in [0.15, 0.2) is 48.5 Å². The molecule has 27 heavy (non-hydrogen) atoms. The number of hydrogen-bond acceptors (Lipinski definition) is 7. The zero-order chi connectivity index (χ0) is 19.1. The minimum atomic E-state index is -0.480. The number of hydrogen-bond donors (Lipinski definition) is 0. The summed E-state index contributed by atoms with van der Waals surface area (Å²) >= 11 is 0. The molecular formula is C19H17N5O3. The molecule has 3 aromatic rings. The summed E-state index contributed by atoms with van der Waals surface area (Å²) in [6.45, 7) is 2.17. The van der Waals surface area contributed by atoms with Crippen LogP contribution in [0.3, 0.4) is 0 Å². The molecule has 3 rings (SSSR count). The van der Waals surface area contributed by atoms with E-state index in [2.05, 4.69) is 15.4 Å². The van der Waals surface area contributed by atoms with Crippen molar-refractivity contribution in [2.45, 2.75) is 13.5 Å². The highest BCUT2D eigenvalue weighted by Gasteiger charge is 2.10. The molecule has 0 aliphatic heterocycles. The lowest BCUT2D eigenvalue weighted by Crippen LogP contribution is -2.18. The molecule has 0 N–H and O–H groups in total. The van der Waals surface area contributed by atoms with E-state index >= 15 is 0 Å². The maximum absolute atomic E-state index is 11.9. The van der Waals surface area contributed by atoms with Gasteiger partial charge in [-0.15, -0.1) is 10.2 Å². The van der Waals surface area contributed by atoms with Crippen molar-refractivity contribution in [3.63, 3.8) is 0 Å². The highest BCUT2D eigenvalue weighted by atomic mass is 16.6. The number of esters is 1. The number of benzene rings is 2. The van der Waals surface area contributed by atoms with Crippen LogP contribution in [0.5, 0.6) is 5.75 Å². The summed E-state index contributed by atoms with van der Waals surface area (Å²) in [6, 6.07) is 16.4. The number of rotatable bonds is 7. The maximum Gasteiger partial charge on any atom is 0.329 e. The molecule has 0 radical (unpaired) electrons. The summed E-state index contributed by atoms with van der Waals surface area (Å²) in [4.78, 5) is 13.0. The second kappa shape index (κ2) is 8.58. The minimum absolute atomic E-state index is 0.0956. The summed E-state index contributed by atoms with van der Waals surface area (Å²) in [6.07, 6.45) is 0. The molecule has 0 saturated heterocycles. The molecule has 0 aliphatic carbocycles. The van der Waals surface area contributed by atoms with Crippen LogP contribution in [-0.4, -0.2) is 39.4 Å². The fourth-order valence-corrected chi connectivity index (χ4v) is 2.23. The summed E-state index contributed by atoms with van der Waals surface area (Å²) in [5.74, 6) is 0.573. The molecule has 136 valence electrons. The third kappa shape index (κ3) is 5.12. The van der Waals surface area contributed by atoms with Crippen LogP contribution in [0.1, 0.15) is 11.1 Å². The van der Waals surface area contributed by atoms with Gasteiger partial charge >= 0.3 is 5.97 Å². The van der Waals surface area contributed by atoms with E-state index in [1.807, 2.05) is 37.3 Å². The number of aryl methyl sites for hydroxylation is 1. The zero-order valence-electron chi connectivity index (χ0n) is 14.7. The number of ether oxygens (including phenoxy) is 2. The predicted octanol–water partition coefficient (Wildman–Crippen LogP) is 2.14. The molecule has 0 saturated carbocycles. The first kappa shape index (κ1) is 18.1.